The molecule has 1 heterocycles. The predicted octanol–water partition coefficient (Wildman–Crippen LogP) is 1.44. The number of piperazine rings is 1. The van der Waals surface area contributed by atoms with Crippen LogP contribution in [0.3, 0.4) is 0 Å². The lowest BCUT2D eigenvalue weighted by molar-refractivity contribution is -0.143. The van der Waals surface area contributed by atoms with Gasteiger partial charge in [0.1, 0.15) is 0 Å². The summed E-state index contributed by atoms with van der Waals surface area (Å²) in [5.41, 5.74) is 5.29. The van der Waals surface area contributed by atoms with Crippen molar-refractivity contribution in [2.45, 2.75) is 71.6 Å². The summed E-state index contributed by atoms with van der Waals surface area (Å²) < 4.78 is 0. The van der Waals surface area contributed by atoms with E-state index in [2.05, 4.69) is 39.5 Å². The van der Waals surface area contributed by atoms with Crippen LogP contribution in [0, 0.1) is 0 Å². The van der Waals surface area contributed by atoms with Crippen molar-refractivity contribution in [1.82, 2.24) is 9.80 Å². The average molecular weight is 255 g/mol. The Morgan fingerprint density at radius 1 is 1.06 bits per heavy atom. The SMILES string of the molecule is C[C@H]1CN(C(C)(C)C)[C@@H](C)CN1C(=O)C(C)(C)N. The summed E-state index contributed by atoms with van der Waals surface area (Å²) in [5, 5.41) is 0. The van der Waals surface area contributed by atoms with Gasteiger partial charge < -0.3 is 10.6 Å². The third kappa shape index (κ3) is 3.23. The molecule has 1 fully saturated rings. The van der Waals surface area contributed by atoms with Crippen molar-refractivity contribution in [3.63, 3.8) is 0 Å². The number of hydrogen-bond donors (Lipinski definition) is 1. The second-order valence-corrected chi connectivity index (χ2v) is 7.20. The molecule has 0 unspecified atom stereocenters. The van der Waals surface area contributed by atoms with Gasteiger partial charge in [0.25, 0.3) is 0 Å². The molecular weight excluding hydrogens is 226 g/mol. The normalized spacial score (nSPS) is 27.4. The molecule has 0 aliphatic carbocycles. The zero-order chi connectivity index (χ0) is 14.3. The Labute approximate surface area is 111 Å². The van der Waals surface area contributed by atoms with Crippen LogP contribution in [-0.4, -0.2) is 52.0 Å². The summed E-state index contributed by atoms with van der Waals surface area (Å²) in [6, 6.07) is 0.586. The molecule has 1 saturated heterocycles. The van der Waals surface area contributed by atoms with Crippen LogP contribution in [0.15, 0.2) is 0 Å². The van der Waals surface area contributed by atoms with Crippen LogP contribution in [0.25, 0.3) is 0 Å². The molecule has 106 valence electrons. The van der Waals surface area contributed by atoms with Gasteiger partial charge in [-0.15, -0.1) is 0 Å². The summed E-state index contributed by atoms with van der Waals surface area (Å²) in [5.74, 6) is 0.0513. The molecule has 1 aliphatic heterocycles. The van der Waals surface area contributed by atoms with Gasteiger partial charge in [-0.05, 0) is 48.5 Å². The van der Waals surface area contributed by atoms with E-state index in [0.29, 0.717) is 6.04 Å². The molecular formula is C14H29N3O. The Kier molecular flexibility index (Phi) is 4.13. The van der Waals surface area contributed by atoms with Crippen molar-refractivity contribution in [3.05, 3.63) is 0 Å². The molecule has 18 heavy (non-hydrogen) atoms. The maximum atomic E-state index is 12.3. The number of carbonyl (C=O) groups excluding carboxylic acids is 1. The molecule has 2 N–H and O–H groups in total. The number of hydrogen-bond acceptors (Lipinski definition) is 3. The van der Waals surface area contributed by atoms with E-state index < -0.39 is 5.54 Å². The fraction of sp³-hybridized carbons (Fsp3) is 0.929. The monoisotopic (exact) mass is 255 g/mol. The fourth-order valence-corrected chi connectivity index (χ4v) is 2.71. The molecule has 2 atom stereocenters. The van der Waals surface area contributed by atoms with Crippen LogP contribution in [-0.2, 0) is 4.79 Å². The Bertz CT molecular complexity index is 314. The van der Waals surface area contributed by atoms with Gasteiger partial charge in [0.05, 0.1) is 5.54 Å². The summed E-state index contributed by atoms with van der Waals surface area (Å²) in [6.07, 6.45) is 0. The van der Waals surface area contributed by atoms with Gasteiger partial charge in [-0.1, -0.05) is 0 Å². The first-order chi connectivity index (χ1) is 7.94. The highest BCUT2D eigenvalue weighted by molar-refractivity contribution is 5.85. The zero-order valence-electron chi connectivity index (χ0n) is 12.9. The van der Waals surface area contributed by atoms with Crippen molar-refractivity contribution in [3.8, 4) is 0 Å². The molecule has 4 nitrogen and oxygen atoms in total. The van der Waals surface area contributed by atoms with Gasteiger partial charge in [0.15, 0.2) is 0 Å². The number of nitrogens with zero attached hydrogens (tertiary/aromatic N) is 2. The van der Waals surface area contributed by atoms with Crippen LogP contribution in [0.1, 0.15) is 48.5 Å². The number of rotatable bonds is 1. The maximum absolute atomic E-state index is 12.3. The smallest absolute Gasteiger partial charge is 0.242 e. The van der Waals surface area contributed by atoms with Crippen LogP contribution in [0.2, 0.25) is 0 Å². The molecule has 0 bridgehead atoms. The van der Waals surface area contributed by atoms with Crippen LogP contribution < -0.4 is 5.73 Å². The van der Waals surface area contributed by atoms with Gasteiger partial charge in [-0.2, -0.15) is 0 Å². The molecule has 0 aromatic heterocycles. The van der Waals surface area contributed by atoms with Crippen LogP contribution >= 0.6 is 0 Å². The van der Waals surface area contributed by atoms with Crippen molar-refractivity contribution < 1.29 is 4.79 Å². The Balaban J connectivity index is 2.84. The number of carbonyl (C=O) groups is 1. The topological polar surface area (TPSA) is 49.6 Å². The first kappa shape index (κ1) is 15.4. The molecule has 0 radical (unpaired) electrons. The van der Waals surface area contributed by atoms with Gasteiger partial charge >= 0.3 is 0 Å². The third-order valence-electron chi connectivity index (χ3n) is 3.66. The third-order valence-corrected chi connectivity index (χ3v) is 3.66. The molecule has 4 heteroatoms. The van der Waals surface area contributed by atoms with Crippen molar-refractivity contribution in [1.29, 1.82) is 0 Å². The number of nitrogens with two attached hydrogens (primary N) is 1. The lowest BCUT2D eigenvalue weighted by Crippen LogP contribution is -2.65. The molecule has 1 rings (SSSR count). The molecule has 0 spiro atoms. The maximum Gasteiger partial charge on any atom is 0.242 e. The van der Waals surface area contributed by atoms with Gasteiger partial charge in [-0.25, -0.2) is 0 Å². The Hall–Kier alpha value is -0.610. The first-order valence-corrected chi connectivity index (χ1v) is 6.81. The van der Waals surface area contributed by atoms with Crippen molar-refractivity contribution in [2.24, 2.45) is 5.73 Å². The van der Waals surface area contributed by atoms with Crippen molar-refractivity contribution in [2.75, 3.05) is 13.1 Å². The average Bonchev–Trinajstić information content (AvgIpc) is 2.16. The summed E-state index contributed by atoms with van der Waals surface area (Å²) in [6.45, 7) is 16.2. The van der Waals surface area contributed by atoms with Gasteiger partial charge in [0.2, 0.25) is 5.91 Å². The van der Waals surface area contributed by atoms with Gasteiger partial charge in [-0.3, -0.25) is 9.69 Å². The minimum atomic E-state index is -0.780. The van der Waals surface area contributed by atoms with Crippen LogP contribution in [0.4, 0.5) is 0 Å². The van der Waals surface area contributed by atoms with E-state index >= 15 is 0 Å². The van der Waals surface area contributed by atoms with E-state index in [1.165, 1.54) is 0 Å². The molecule has 0 aromatic rings. The van der Waals surface area contributed by atoms with Crippen LogP contribution in [0.5, 0.6) is 0 Å². The lowest BCUT2D eigenvalue weighted by atomic mass is 9.96. The van der Waals surface area contributed by atoms with E-state index in [4.69, 9.17) is 5.73 Å². The summed E-state index contributed by atoms with van der Waals surface area (Å²) in [7, 11) is 0. The Morgan fingerprint density at radius 2 is 1.56 bits per heavy atom. The van der Waals surface area contributed by atoms with E-state index in [1.54, 1.807) is 13.8 Å². The minimum Gasteiger partial charge on any atom is -0.336 e. The standard InChI is InChI=1S/C14H29N3O/c1-10-9-17(13(3,4)5)11(2)8-16(10)12(18)14(6,7)15/h10-11H,8-9,15H2,1-7H3/t10-,11-/m0/s1. The summed E-state index contributed by atoms with van der Waals surface area (Å²) in [4.78, 5) is 16.7. The van der Waals surface area contributed by atoms with E-state index in [9.17, 15) is 4.79 Å². The molecule has 0 aromatic carbocycles. The van der Waals surface area contributed by atoms with Gasteiger partial charge in [0, 0.05) is 30.7 Å². The largest absolute Gasteiger partial charge is 0.336 e. The molecule has 1 amide bonds. The highest BCUT2D eigenvalue weighted by Gasteiger charge is 2.39. The van der Waals surface area contributed by atoms with Crippen molar-refractivity contribution >= 4 is 5.91 Å². The minimum absolute atomic E-state index is 0.0513. The summed E-state index contributed by atoms with van der Waals surface area (Å²) >= 11 is 0. The zero-order valence-corrected chi connectivity index (χ0v) is 12.9. The van der Waals surface area contributed by atoms with E-state index in [-0.39, 0.29) is 17.5 Å². The molecule has 0 saturated carbocycles. The predicted molar refractivity (Wildman–Crippen MR) is 75.4 cm³/mol. The highest BCUT2D eigenvalue weighted by atomic mass is 16.2. The fourth-order valence-electron chi connectivity index (χ4n) is 2.71. The Morgan fingerprint density at radius 3 is 1.94 bits per heavy atom. The first-order valence-electron chi connectivity index (χ1n) is 6.81. The molecule has 1 aliphatic rings. The van der Waals surface area contributed by atoms with E-state index in [0.717, 1.165) is 13.1 Å². The van der Waals surface area contributed by atoms with E-state index in [1.807, 2.05) is 4.90 Å². The second kappa shape index (κ2) is 4.82. The lowest BCUT2D eigenvalue weighted by Gasteiger charge is -2.50. The second-order valence-electron chi connectivity index (χ2n) is 7.20. The number of amides is 1. The quantitative estimate of drug-likeness (QED) is 0.771. The highest BCUT2D eigenvalue weighted by Crippen LogP contribution is 2.25.